The maximum atomic E-state index is 13.0. The second-order valence-electron chi connectivity index (χ2n) is 9.44. The first-order chi connectivity index (χ1) is 14.6. The summed E-state index contributed by atoms with van der Waals surface area (Å²) >= 11 is 0. The van der Waals surface area contributed by atoms with Crippen LogP contribution in [0.2, 0.25) is 0 Å². The summed E-state index contributed by atoms with van der Waals surface area (Å²) in [5.41, 5.74) is 3.98. The number of pyridine rings is 1. The second kappa shape index (κ2) is 7.65. The van der Waals surface area contributed by atoms with Gasteiger partial charge in [-0.3, -0.25) is 4.79 Å². The molecule has 4 rings (SSSR count). The second-order valence-corrected chi connectivity index (χ2v) is 9.44. The van der Waals surface area contributed by atoms with Gasteiger partial charge in [-0.15, -0.1) is 0 Å². The number of likely N-dealkylation sites (tertiary alicyclic amines) is 1. The van der Waals surface area contributed by atoms with Crippen molar-refractivity contribution in [2.45, 2.75) is 27.7 Å². The lowest BCUT2D eigenvalue weighted by Crippen LogP contribution is -2.43. The SMILES string of the molecule is Cc1cc(C(=O)N2C[C@@H]3CN(c4nc(C)c(C)c(C)c4C#N)C[C@]3(CN(C)C)C2)no1. The summed E-state index contributed by atoms with van der Waals surface area (Å²) in [6.45, 7) is 11.5. The summed E-state index contributed by atoms with van der Waals surface area (Å²) in [5, 5.41) is 13.8. The van der Waals surface area contributed by atoms with Crippen molar-refractivity contribution >= 4 is 11.7 Å². The molecular weight excluding hydrogens is 392 g/mol. The van der Waals surface area contributed by atoms with Gasteiger partial charge < -0.3 is 19.2 Å². The van der Waals surface area contributed by atoms with Crippen molar-refractivity contribution < 1.29 is 9.32 Å². The van der Waals surface area contributed by atoms with Crippen molar-refractivity contribution in [3.8, 4) is 6.07 Å². The minimum absolute atomic E-state index is 0.0752. The van der Waals surface area contributed by atoms with Crippen LogP contribution in [-0.4, -0.2) is 72.7 Å². The Balaban J connectivity index is 1.64. The third kappa shape index (κ3) is 3.57. The molecule has 2 aromatic heterocycles. The Kier molecular flexibility index (Phi) is 5.26. The summed E-state index contributed by atoms with van der Waals surface area (Å²) in [6.07, 6.45) is 0. The summed E-state index contributed by atoms with van der Waals surface area (Å²) in [7, 11) is 4.14. The van der Waals surface area contributed by atoms with Gasteiger partial charge in [0.2, 0.25) is 0 Å². The van der Waals surface area contributed by atoms with Crippen LogP contribution in [0.15, 0.2) is 10.6 Å². The predicted molar refractivity (Wildman–Crippen MR) is 117 cm³/mol. The molecule has 2 saturated heterocycles. The molecule has 0 spiro atoms. The van der Waals surface area contributed by atoms with E-state index in [4.69, 9.17) is 9.51 Å². The molecule has 0 N–H and O–H groups in total. The van der Waals surface area contributed by atoms with Crippen LogP contribution in [0.25, 0.3) is 0 Å². The zero-order chi connectivity index (χ0) is 22.5. The molecule has 2 atom stereocenters. The van der Waals surface area contributed by atoms with Gasteiger partial charge in [-0.25, -0.2) is 4.98 Å². The number of amides is 1. The predicted octanol–water partition coefficient (Wildman–Crippen LogP) is 2.32. The van der Waals surface area contributed by atoms with Crippen LogP contribution in [0, 0.1) is 50.4 Å². The molecule has 8 nitrogen and oxygen atoms in total. The van der Waals surface area contributed by atoms with E-state index in [0.717, 1.165) is 42.3 Å². The van der Waals surface area contributed by atoms with Crippen LogP contribution < -0.4 is 4.90 Å². The molecule has 2 aliphatic rings. The zero-order valence-electron chi connectivity index (χ0n) is 19.2. The standard InChI is InChI=1S/C23H30N6O2/c1-14-7-20(26-31-14)22(30)29-10-18-9-28(12-23(18,13-29)11-27(5)6)21-19(8-24)16(3)15(2)17(4)25-21/h7,18H,9-13H2,1-6H3/t18-,23+/m0/s1. The number of rotatable bonds is 4. The van der Waals surface area contributed by atoms with Gasteiger partial charge in [0.05, 0.1) is 5.56 Å². The molecule has 0 bridgehead atoms. The number of hydrogen-bond acceptors (Lipinski definition) is 7. The number of anilines is 1. The zero-order valence-corrected chi connectivity index (χ0v) is 19.2. The monoisotopic (exact) mass is 422 g/mol. The number of carbonyl (C=O) groups is 1. The molecule has 1 amide bonds. The lowest BCUT2D eigenvalue weighted by Gasteiger charge is -2.32. The van der Waals surface area contributed by atoms with Crippen molar-refractivity contribution in [2.75, 3.05) is 51.7 Å². The van der Waals surface area contributed by atoms with Crippen LogP contribution in [0.3, 0.4) is 0 Å². The van der Waals surface area contributed by atoms with E-state index >= 15 is 0 Å². The average molecular weight is 423 g/mol. The van der Waals surface area contributed by atoms with Crippen LogP contribution in [0.5, 0.6) is 0 Å². The molecule has 164 valence electrons. The number of nitriles is 1. The normalized spacial score (nSPS) is 22.8. The van der Waals surface area contributed by atoms with Crippen LogP contribution in [0.4, 0.5) is 5.82 Å². The van der Waals surface area contributed by atoms with Gasteiger partial charge in [0.15, 0.2) is 5.69 Å². The molecule has 4 heterocycles. The summed E-state index contributed by atoms with van der Waals surface area (Å²) in [6, 6.07) is 4.08. The number of hydrogen-bond donors (Lipinski definition) is 0. The quantitative estimate of drug-likeness (QED) is 0.747. The van der Waals surface area contributed by atoms with E-state index in [1.54, 1.807) is 13.0 Å². The van der Waals surface area contributed by atoms with E-state index in [1.165, 1.54) is 0 Å². The fourth-order valence-corrected chi connectivity index (χ4v) is 5.27. The van der Waals surface area contributed by atoms with Crippen molar-refractivity contribution in [3.63, 3.8) is 0 Å². The molecule has 0 aliphatic carbocycles. The largest absolute Gasteiger partial charge is 0.361 e. The van der Waals surface area contributed by atoms with E-state index in [2.05, 4.69) is 35.1 Å². The number of fused-ring (bicyclic) bond motifs is 1. The first kappa shape index (κ1) is 21.3. The third-order valence-electron chi connectivity index (χ3n) is 6.91. The van der Waals surface area contributed by atoms with E-state index < -0.39 is 0 Å². The van der Waals surface area contributed by atoms with Crippen LogP contribution in [0.1, 0.15) is 38.6 Å². The molecule has 8 heteroatoms. The van der Waals surface area contributed by atoms with Gasteiger partial charge in [0.1, 0.15) is 17.6 Å². The molecule has 0 radical (unpaired) electrons. The Morgan fingerprint density at radius 1 is 1.26 bits per heavy atom. The minimum Gasteiger partial charge on any atom is -0.361 e. The van der Waals surface area contributed by atoms with Gasteiger partial charge in [-0.2, -0.15) is 5.26 Å². The lowest BCUT2D eigenvalue weighted by atomic mass is 9.80. The van der Waals surface area contributed by atoms with Crippen molar-refractivity contribution in [1.82, 2.24) is 19.9 Å². The van der Waals surface area contributed by atoms with E-state index in [0.29, 0.717) is 36.0 Å². The maximum absolute atomic E-state index is 13.0. The van der Waals surface area contributed by atoms with Crippen LogP contribution in [-0.2, 0) is 0 Å². The number of aromatic nitrogens is 2. The van der Waals surface area contributed by atoms with E-state index in [1.807, 2.05) is 25.7 Å². The van der Waals surface area contributed by atoms with Crippen molar-refractivity contribution in [3.05, 3.63) is 39.9 Å². The number of aryl methyl sites for hydroxylation is 2. The fraction of sp³-hybridized carbons (Fsp3) is 0.565. The first-order valence-corrected chi connectivity index (χ1v) is 10.7. The molecule has 2 fully saturated rings. The van der Waals surface area contributed by atoms with Crippen LogP contribution >= 0.6 is 0 Å². The highest BCUT2D eigenvalue weighted by Crippen LogP contribution is 2.45. The Morgan fingerprint density at radius 2 is 2.00 bits per heavy atom. The molecule has 0 unspecified atom stereocenters. The molecule has 0 saturated carbocycles. The molecule has 2 aliphatic heterocycles. The van der Waals surface area contributed by atoms with Gasteiger partial charge >= 0.3 is 0 Å². The Morgan fingerprint density at radius 3 is 2.61 bits per heavy atom. The average Bonchev–Trinajstić information content (AvgIpc) is 3.37. The fourth-order valence-electron chi connectivity index (χ4n) is 5.27. The van der Waals surface area contributed by atoms with Gasteiger partial charge in [0.25, 0.3) is 5.91 Å². The first-order valence-electron chi connectivity index (χ1n) is 10.7. The Hall–Kier alpha value is -2.92. The van der Waals surface area contributed by atoms with Crippen molar-refractivity contribution in [1.29, 1.82) is 5.26 Å². The highest BCUT2D eigenvalue weighted by atomic mass is 16.5. The highest BCUT2D eigenvalue weighted by molar-refractivity contribution is 5.92. The van der Waals surface area contributed by atoms with Gasteiger partial charge in [-0.1, -0.05) is 5.16 Å². The maximum Gasteiger partial charge on any atom is 0.276 e. The van der Waals surface area contributed by atoms with Gasteiger partial charge in [-0.05, 0) is 52.9 Å². The van der Waals surface area contributed by atoms with E-state index in [-0.39, 0.29) is 11.3 Å². The molecule has 31 heavy (non-hydrogen) atoms. The molecule has 0 aromatic carbocycles. The highest BCUT2D eigenvalue weighted by Gasteiger charge is 2.54. The third-order valence-corrected chi connectivity index (χ3v) is 6.91. The van der Waals surface area contributed by atoms with Gasteiger partial charge in [0, 0.05) is 55.8 Å². The Bertz CT molecular complexity index is 1070. The Labute approximate surface area is 183 Å². The number of nitrogens with zero attached hydrogens (tertiary/aromatic N) is 6. The van der Waals surface area contributed by atoms with E-state index in [9.17, 15) is 10.1 Å². The molecule has 2 aromatic rings. The lowest BCUT2D eigenvalue weighted by molar-refractivity contribution is 0.0755. The summed E-state index contributed by atoms with van der Waals surface area (Å²) < 4.78 is 5.11. The smallest absolute Gasteiger partial charge is 0.276 e. The summed E-state index contributed by atoms with van der Waals surface area (Å²) in [4.78, 5) is 24.2. The van der Waals surface area contributed by atoms with Crippen molar-refractivity contribution in [2.24, 2.45) is 11.3 Å². The minimum atomic E-state index is -0.0843. The molecular formula is C23H30N6O2. The topological polar surface area (TPSA) is 89.5 Å². The number of carbonyl (C=O) groups excluding carboxylic acids is 1. The summed E-state index contributed by atoms with van der Waals surface area (Å²) in [5.74, 6) is 1.63.